The van der Waals surface area contributed by atoms with E-state index in [1.807, 2.05) is 0 Å². The Hall–Kier alpha value is -2.34. The Morgan fingerprint density at radius 1 is 0.875 bits per heavy atom. The number of hydrogen-bond acceptors (Lipinski definition) is 4. The molecule has 0 fully saturated rings. The van der Waals surface area contributed by atoms with Gasteiger partial charge in [0.05, 0.1) is 14.2 Å². The minimum Gasteiger partial charge on any atom is -0.490 e. The number of methoxy groups -OCH3 is 2. The summed E-state index contributed by atoms with van der Waals surface area (Å²) in [7, 11) is 2.21. The molecule has 0 unspecified atom stereocenters. The lowest BCUT2D eigenvalue weighted by Gasteiger charge is -2.11. The van der Waals surface area contributed by atoms with E-state index in [2.05, 4.69) is 9.47 Å². The number of ether oxygens (including phenoxy) is 2. The van der Waals surface area contributed by atoms with E-state index in [0.29, 0.717) is 0 Å². The molecule has 1 aromatic rings. The van der Waals surface area contributed by atoms with Crippen molar-refractivity contribution in [2.75, 3.05) is 14.2 Å². The number of nitriles is 2. The molecule has 0 aliphatic rings. The highest BCUT2D eigenvalue weighted by molar-refractivity contribution is 5.58. The molecule has 0 N–H and O–H groups in total. The van der Waals surface area contributed by atoms with Crippen LogP contribution in [-0.2, 0) is 0 Å². The summed E-state index contributed by atoms with van der Waals surface area (Å²) in [4.78, 5) is 0. The number of nitrogens with zero attached hydrogens (tertiary/aromatic N) is 2. The zero-order valence-electron chi connectivity index (χ0n) is 8.47. The summed E-state index contributed by atoms with van der Waals surface area (Å²) in [6.07, 6.45) is 0. The molecule has 0 heterocycles. The minimum atomic E-state index is -1.11. The van der Waals surface area contributed by atoms with Crippen LogP contribution in [0, 0.1) is 34.3 Å². The van der Waals surface area contributed by atoms with E-state index < -0.39 is 34.3 Å². The molecule has 0 spiro atoms. The van der Waals surface area contributed by atoms with Crippen molar-refractivity contribution in [3.8, 4) is 23.6 Å². The van der Waals surface area contributed by atoms with E-state index in [-0.39, 0.29) is 0 Å². The average molecular weight is 224 g/mol. The van der Waals surface area contributed by atoms with Crippen molar-refractivity contribution in [1.82, 2.24) is 0 Å². The maximum Gasteiger partial charge on any atom is 0.201 e. The Kier molecular flexibility index (Phi) is 3.27. The fraction of sp³-hybridized carbons (Fsp3) is 0.200. The molecule has 0 saturated heterocycles. The molecule has 0 saturated carbocycles. The third-order valence-electron chi connectivity index (χ3n) is 1.93. The summed E-state index contributed by atoms with van der Waals surface area (Å²) in [5, 5.41) is 17.3. The first-order chi connectivity index (χ1) is 7.62. The molecule has 1 aromatic carbocycles. The van der Waals surface area contributed by atoms with Gasteiger partial charge in [-0.15, -0.1) is 0 Å². The average Bonchev–Trinajstić information content (AvgIpc) is 2.30. The van der Waals surface area contributed by atoms with Crippen molar-refractivity contribution < 1.29 is 18.3 Å². The second-order valence-electron chi connectivity index (χ2n) is 2.67. The Labute approximate surface area is 90.2 Å². The van der Waals surface area contributed by atoms with E-state index in [4.69, 9.17) is 10.5 Å². The Bertz CT molecular complexity index is 461. The zero-order valence-corrected chi connectivity index (χ0v) is 8.47. The summed E-state index contributed by atoms with van der Waals surface area (Å²) in [6, 6.07) is 2.82. The highest BCUT2D eigenvalue weighted by Gasteiger charge is 2.26. The van der Waals surface area contributed by atoms with Crippen molar-refractivity contribution in [2.45, 2.75) is 0 Å². The van der Waals surface area contributed by atoms with Crippen LogP contribution in [0.5, 0.6) is 11.5 Å². The predicted octanol–water partition coefficient (Wildman–Crippen LogP) is 1.73. The molecule has 0 amide bonds. The third kappa shape index (κ3) is 1.51. The SMILES string of the molecule is COc1c(F)c(C#N)c(C#N)c(F)c1OC. The first-order valence-electron chi connectivity index (χ1n) is 4.05. The summed E-state index contributed by atoms with van der Waals surface area (Å²) in [5.74, 6) is -3.29. The fourth-order valence-electron chi connectivity index (χ4n) is 1.22. The molecule has 0 aromatic heterocycles. The molecule has 4 nitrogen and oxygen atoms in total. The van der Waals surface area contributed by atoms with Gasteiger partial charge < -0.3 is 9.47 Å². The topological polar surface area (TPSA) is 66.0 Å². The number of halogens is 2. The number of benzene rings is 1. The lowest BCUT2D eigenvalue weighted by atomic mass is 10.1. The molecular weight excluding hydrogens is 218 g/mol. The molecule has 16 heavy (non-hydrogen) atoms. The van der Waals surface area contributed by atoms with Crippen molar-refractivity contribution in [3.05, 3.63) is 22.8 Å². The van der Waals surface area contributed by atoms with E-state index in [1.165, 1.54) is 12.1 Å². The first-order valence-corrected chi connectivity index (χ1v) is 4.05. The molecular formula is C10H6F2N2O2. The van der Waals surface area contributed by atoms with Crippen LogP contribution in [0.2, 0.25) is 0 Å². The molecule has 0 aliphatic heterocycles. The maximum atomic E-state index is 13.6. The van der Waals surface area contributed by atoms with E-state index in [0.717, 1.165) is 14.2 Å². The normalized spacial score (nSPS) is 9.12. The number of rotatable bonds is 2. The minimum absolute atomic E-state index is 0.532. The standard InChI is InChI=1S/C10H6F2N2O2/c1-15-9-7(11)5(3-13)6(4-14)8(12)10(9)16-2/h1-2H3. The second kappa shape index (κ2) is 4.45. The van der Waals surface area contributed by atoms with Gasteiger partial charge >= 0.3 is 0 Å². The summed E-state index contributed by atoms with van der Waals surface area (Å²) in [5.41, 5.74) is -1.39. The zero-order chi connectivity index (χ0) is 12.3. The van der Waals surface area contributed by atoms with Gasteiger partial charge in [-0.3, -0.25) is 0 Å². The van der Waals surface area contributed by atoms with Gasteiger partial charge in [0, 0.05) is 0 Å². The van der Waals surface area contributed by atoms with E-state index in [9.17, 15) is 8.78 Å². The van der Waals surface area contributed by atoms with Crippen molar-refractivity contribution in [2.24, 2.45) is 0 Å². The van der Waals surface area contributed by atoms with Crippen LogP contribution in [0.3, 0.4) is 0 Å². The Morgan fingerprint density at radius 2 is 1.19 bits per heavy atom. The summed E-state index contributed by atoms with van der Waals surface area (Å²) in [6.45, 7) is 0. The lowest BCUT2D eigenvalue weighted by molar-refractivity contribution is 0.321. The van der Waals surface area contributed by atoms with Gasteiger partial charge in [-0.05, 0) is 0 Å². The first kappa shape index (κ1) is 11.7. The van der Waals surface area contributed by atoms with Gasteiger partial charge in [0.15, 0.2) is 11.6 Å². The molecule has 0 radical (unpaired) electrons. The van der Waals surface area contributed by atoms with Crippen LogP contribution >= 0.6 is 0 Å². The smallest absolute Gasteiger partial charge is 0.201 e. The number of hydrogen-bond donors (Lipinski definition) is 0. The Morgan fingerprint density at radius 3 is 1.38 bits per heavy atom. The molecule has 6 heteroatoms. The van der Waals surface area contributed by atoms with Crippen LogP contribution in [-0.4, -0.2) is 14.2 Å². The molecule has 0 aliphatic carbocycles. The largest absolute Gasteiger partial charge is 0.490 e. The van der Waals surface area contributed by atoms with Crippen molar-refractivity contribution in [3.63, 3.8) is 0 Å². The highest BCUT2D eigenvalue weighted by Crippen LogP contribution is 2.37. The van der Waals surface area contributed by atoms with Gasteiger partial charge in [-0.2, -0.15) is 10.5 Å². The fourth-order valence-corrected chi connectivity index (χ4v) is 1.22. The lowest BCUT2D eigenvalue weighted by Crippen LogP contribution is -2.03. The molecule has 82 valence electrons. The van der Waals surface area contributed by atoms with Crippen LogP contribution in [0.15, 0.2) is 0 Å². The third-order valence-corrected chi connectivity index (χ3v) is 1.93. The van der Waals surface area contributed by atoms with Gasteiger partial charge in [0.2, 0.25) is 11.5 Å². The van der Waals surface area contributed by atoms with Crippen LogP contribution in [0.1, 0.15) is 11.1 Å². The molecule has 0 atom stereocenters. The molecule has 1 rings (SSSR count). The summed E-state index contributed by atoms with van der Waals surface area (Å²) >= 11 is 0. The monoisotopic (exact) mass is 224 g/mol. The van der Waals surface area contributed by atoms with Crippen molar-refractivity contribution in [1.29, 1.82) is 10.5 Å². The Balaban J connectivity index is 3.78. The van der Waals surface area contributed by atoms with Crippen molar-refractivity contribution >= 4 is 0 Å². The van der Waals surface area contributed by atoms with Gasteiger partial charge in [-0.25, -0.2) is 8.78 Å². The van der Waals surface area contributed by atoms with E-state index >= 15 is 0 Å². The van der Waals surface area contributed by atoms with Gasteiger partial charge in [0.25, 0.3) is 0 Å². The maximum absolute atomic E-state index is 13.6. The summed E-state index contributed by atoms with van der Waals surface area (Å²) < 4.78 is 36.4. The predicted molar refractivity (Wildman–Crippen MR) is 48.9 cm³/mol. The highest BCUT2D eigenvalue weighted by atomic mass is 19.1. The van der Waals surface area contributed by atoms with Crippen LogP contribution < -0.4 is 9.47 Å². The second-order valence-corrected chi connectivity index (χ2v) is 2.67. The van der Waals surface area contributed by atoms with Crippen LogP contribution in [0.25, 0.3) is 0 Å². The van der Waals surface area contributed by atoms with Crippen LogP contribution in [0.4, 0.5) is 8.78 Å². The van der Waals surface area contributed by atoms with E-state index in [1.54, 1.807) is 0 Å². The van der Waals surface area contributed by atoms with Gasteiger partial charge in [-0.1, -0.05) is 0 Å². The quantitative estimate of drug-likeness (QED) is 0.767. The van der Waals surface area contributed by atoms with Gasteiger partial charge in [0.1, 0.15) is 23.3 Å². The molecule has 0 bridgehead atoms.